The van der Waals surface area contributed by atoms with Crippen LogP contribution in [0.3, 0.4) is 0 Å². The first-order chi connectivity index (χ1) is 13.2. The van der Waals surface area contributed by atoms with E-state index in [-0.39, 0.29) is 19.1 Å². The second-order valence-corrected chi connectivity index (χ2v) is 7.45. The molecule has 0 heterocycles. The molecule has 1 fully saturated rings. The molecule has 0 saturated heterocycles. The van der Waals surface area contributed by atoms with Gasteiger partial charge in [-0.15, -0.1) is 0 Å². The van der Waals surface area contributed by atoms with Gasteiger partial charge in [0.15, 0.2) is 0 Å². The molecule has 2 aromatic rings. The number of aliphatic hydroxyl groups excluding tert-OH is 2. The SMILES string of the molecule is O=C(Cc1ccc(CO)cc1)C1CCC(COc2ccc(CO)cc2)CC1. The number of hydrogen-bond acceptors (Lipinski definition) is 4. The van der Waals surface area contributed by atoms with E-state index in [1.54, 1.807) is 0 Å². The van der Waals surface area contributed by atoms with E-state index >= 15 is 0 Å². The Labute approximate surface area is 160 Å². The summed E-state index contributed by atoms with van der Waals surface area (Å²) in [5, 5.41) is 18.2. The number of benzene rings is 2. The first kappa shape index (κ1) is 19.6. The van der Waals surface area contributed by atoms with Crippen LogP contribution in [-0.4, -0.2) is 22.6 Å². The van der Waals surface area contributed by atoms with Crippen LogP contribution in [-0.2, 0) is 24.4 Å². The maximum absolute atomic E-state index is 12.6. The van der Waals surface area contributed by atoms with Crippen LogP contribution in [0.2, 0.25) is 0 Å². The summed E-state index contributed by atoms with van der Waals surface area (Å²) in [4.78, 5) is 12.6. The van der Waals surface area contributed by atoms with Gasteiger partial charge >= 0.3 is 0 Å². The topological polar surface area (TPSA) is 66.8 Å². The van der Waals surface area contributed by atoms with E-state index in [1.165, 1.54) is 0 Å². The fourth-order valence-corrected chi connectivity index (χ4v) is 3.66. The molecular formula is C23H28O4. The van der Waals surface area contributed by atoms with Crippen molar-refractivity contribution < 1.29 is 19.7 Å². The average molecular weight is 368 g/mol. The van der Waals surface area contributed by atoms with Crippen molar-refractivity contribution in [2.24, 2.45) is 11.8 Å². The van der Waals surface area contributed by atoms with E-state index in [2.05, 4.69) is 0 Å². The highest BCUT2D eigenvalue weighted by atomic mass is 16.5. The highest BCUT2D eigenvalue weighted by Crippen LogP contribution is 2.30. The van der Waals surface area contributed by atoms with Gasteiger partial charge in [-0.1, -0.05) is 36.4 Å². The molecule has 144 valence electrons. The summed E-state index contributed by atoms with van der Waals surface area (Å²) in [5.74, 6) is 1.81. The molecule has 1 saturated carbocycles. The van der Waals surface area contributed by atoms with Crippen LogP contribution in [0.4, 0.5) is 0 Å². The van der Waals surface area contributed by atoms with Gasteiger partial charge in [0.25, 0.3) is 0 Å². The third-order valence-electron chi connectivity index (χ3n) is 5.48. The van der Waals surface area contributed by atoms with Crippen LogP contribution in [0.25, 0.3) is 0 Å². The second-order valence-electron chi connectivity index (χ2n) is 7.45. The Morgan fingerprint density at radius 1 is 0.815 bits per heavy atom. The van der Waals surface area contributed by atoms with Crippen molar-refractivity contribution >= 4 is 5.78 Å². The number of carbonyl (C=O) groups excluding carboxylic acids is 1. The molecule has 0 radical (unpaired) electrons. The van der Waals surface area contributed by atoms with E-state index in [4.69, 9.17) is 14.9 Å². The predicted molar refractivity (Wildman–Crippen MR) is 104 cm³/mol. The van der Waals surface area contributed by atoms with Crippen molar-refractivity contribution in [3.63, 3.8) is 0 Å². The Hall–Kier alpha value is -2.17. The maximum atomic E-state index is 12.6. The Morgan fingerprint density at radius 3 is 1.89 bits per heavy atom. The fraction of sp³-hybridized carbons (Fsp3) is 0.435. The summed E-state index contributed by atoms with van der Waals surface area (Å²) in [5.41, 5.74) is 2.78. The van der Waals surface area contributed by atoms with E-state index in [0.717, 1.165) is 48.1 Å². The van der Waals surface area contributed by atoms with Crippen LogP contribution < -0.4 is 4.74 Å². The third-order valence-corrected chi connectivity index (χ3v) is 5.48. The van der Waals surface area contributed by atoms with Gasteiger partial charge in [0.2, 0.25) is 0 Å². The van der Waals surface area contributed by atoms with E-state index in [1.807, 2.05) is 48.5 Å². The minimum absolute atomic E-state index is 0.0336. The minimum atomic E-state index is 0.0336. The Morgan fingerprint density at radius 2 is 1.33 bits per heavy atom. The molecule has 0 bridgehead atoms. The molecule has 0 amide bonds. The van der Waals surface area contributed by atoms with Gasteiger partial charge in [0.1, 0.15) is 11.5 Å². The monoisotopic (exact) mass is 368 g/mol. The first-order valence-corrected chi connectivity index (χ1v) is 9.72. The van der Waals surface area contributed by atoms with Gasteiger partial charge in [-0.2, -0.15) is 0 Å². The average Bonchev–Trinajstić information content (AvgIpc) is 2.73. The number of carbonyl (C=O) groups is 1. The molecule has 2 aromatic carbocycles. The quantitative estimate of drug-likeness (QED) is 0.746. The minimum Gasteiger partial charge on any atom is -0.493 e. The van der Waals surface area contributed by atoms with Gasteiger partial charge in [-0.25, -0.2) is 0 Å². The Bertz CT molecular complexity index is 713. The number of ketones is 1. The molecule has 0 aromatic heterocycles. The molecule has 4 heteroatoms. The van der Waals surface area contributed by atoms with E-state index in [9.17, 15) is 4.79 Å². The zero-order valence-electron chi connectivity index (χ0n) is 15.6. The molecule has 2 N–H and O–H groups in total. The molecular weight excluding hydrogens is 340 g/mol. The number of ether oxygens (including phenoxy) is 1. The van der Waals surface area contributed by atoms with Crippen molar-refractivity contribution in [2.45, 2.75) is 45.3 Å². The van der Waals surface area contributed by atoms with Gasteiger partial charge in [-0.05, 0) is 60.4 Å². The summed E-state index contributed by atoms with van der Waals surface area (Å²) in [6.07, 6.45) is 4.40. The number of hydrogen-bond donors (Lipinski definition) is 2. The van der Waals surface area contributed by atoms with Gasteiger partial charge in [0, 0.05) is 12.3 Å². The molecule has 0 aliphatic heterocycles. The van der Waals surface area contributed by atoms with Crippen LogP contribution in [0.5, 0.6) is 5.75 Å². The summed E-state index contributed by atoms with van der Waals surface area (Å²) >= 11 is 0. The molecule has 0 spiro atoms. The first-order valence-electron chi connectivity index (χ1n) is 9.72. The number of aliphatic hydroxyl groups is 2. The third kappa shape index (κ3) is 5.65. The lowest BCUT2D eigenvalue weighted by Crippen LogP contribution is -2.25. The summed E-state index contributed by atoms with van der Waals surface area (Å²) in [6, 6.07) is 15.2. The lowest BCUT2D eigenvalue weighted by Gasteiger charge is -2.27. The van der Waals surface area contributed by atoms with Crippen molar-refractivity contribution in [3.8, 4) is 5.75 Å². The van der Waals surface area contributed by atoms with Crippen LogP contribution in [0.1, 0.15) is 42.4 Å². The predicted octanol–water partition coefficient (Wildman–Crippen LogP) is 3.67. The fourth-order valence-electron chi connectivity index (χ4n) is 3.66. The molecule has 4 nitrogen and oxygen atoms in total. The van der Waals surface area contributed by atoms with Crippen LogP contribution in [0.15, 0.2) is 48.5 Å². The highest BCUT2D eigenvalue weighted by Gasteiger charge is 2.26. The Balaban J connectivity index is 1.41. The van der Waals surface area contributed by atoms with Crippen LogP contribution in [0, 0.1) is 11.8 Å². The van der Waals surface area contributed by atoms with Crippen molar-refractivity contribution in [2.75, 3.05) is 6.61 Å². The van der Waals surface area contributed by atoms with Gasteiger partial charge < -0.3 is 14.9 Å². The largest absolute Gasteiger partial charge is 0.493 e. The smallest absolute Gasteiger partial charge is 0.140 e. The molecule has 27 heavy (non-hydrogen) atoms. The lowest BCUT2D eigenvalue weighted by molar-refractivity contribution is -0.123. The van der Waals surface area contributed by atoms with Crippen molar-refractivity contribution in [1.29, 1.82) is 0 Å². The molecule has 1 aliphatic rings. The van der Waals surface area contributed by atoms with E-state index < -0.39 is 0 Å². The molecule has 1 aliphatic carbocycles. The normalized spacial score (nSPS) is 19.6. The van der Waals surface area contributed by atoms with Crippen molar-refractivity contribution in [1.82, 2.24) is 0 Å². The van der Waals surface area contributed by atoms with E-state index in [0.29, 0.717) is 24.7 Å². The zero-order chi connectivity index (χ0) is 19.1. The summed E-state index contributed by atoms with van der Waals surface area (Å²) in [6.45, 7) is 0.762. The van der Waals surface area contributed by atoms with Crippen molar-refractivity contribution in [3.05, 3.63) is 65.2 Å². The molecule has 0 atom stereocenters. The second kappa shape index (κ2) is 9.67. The Kier molecular flexibility index (Phi) is 7.02. The summed E-state index contributed by atoms with van der Waals surface area (Å²) in [7, 11) is 0. The summed E-state index contributed by atoms with van der Waals surface area (Å²) < 4.78 is 5.87. The maximum Gasteiger partial charge on any atom is 0.140 e. The molecule has 3 rings (SSSR count). The standard InChI is InChI=1S/C23H28O4/c24-14-18-3-1-17(2-4-18)13-23(26)21-9-5-20(6-10-21)16-27-22-11-7-19(15-25)8-12-22/h1-4,7-8,11-12,20-21,24-25H,5-6,9-10,13-16H2. The van der Waals surface area contributed by atoms with Gasteiger partial charge in [0.05, 0.1) is 19.8 Å². The highest BCUT2D eigenvalue weighted by molar-refractivity contribution is 5.83. The van der Waals surface area contributed by atoms with Gasteiger partial charge in [-0.3, -0.25) is 4.79 Å². The zero-order valence-corrected chi connectivity index (χ0v) is 15.6. The molecule has 0 unspecified atom stereocenters. The number of rotatable bonds is 8. The van der Waals surface area contributed by atoms with Crippen LogP contribution >= 0.6 is 0 Å². The lowest BCUT2D eigenvalue weighted by atomic mass is 9.79. The number of Topliss-reactive ketones (excluding diaryl/α,β-unsaturated/α-hetero) is 1.